The van der Waals surface area contributed by atoms with Gasteiger partial charge >= 0.3 is 5.97 Å². The highest BCUT2D eigenvalue weighted by atomic mass is 16.5. The molecule has 0 radical (unpaired) electrons. The van der Waals surface area contributed by atoms with Crippen molar-refractivity contribution in [2.45, 2.75) is 13.8 Å². The van der Waals surface area contributed by atoms with E-state index >= 15 is 0 Å². The Balaban J connectivity index is 2.90. The van der Waals surface area contributed by atoms with E-state index in [9.17, 15) is 4.79 Å². The van der Waals surface area contributed by atoms with Crippen LogP contribution in [-0.2, 0) is 4.79 Å². The van der Waals surface area contributed by atoms with Gasteiger partial charge in [-0.1, -0.05) is 6.58 Å². The van der Waals surface area contributed by atoms with Crippen molar-refractivity contribution in [3.63, 3.8) is 0 Å². The van der Waals surface area contributed by atoms with Gasteiger partial charge in [0.2, 0.25) is 0 Å². The molecule has 0 amide bonds. The molecule has 4 heteroatoms. The van der Waals surface area contributed by atoms with Crippen LogP contribution < -0.4 is 4.74 Å². The van der Waals surface area contributed by atoms with Gasteiger partial charge in [0.15, 0.2) is 0 Å². The summed E-state index contributed by atoms with van der Waals surface area (Å²) in [5.41, 5.74) is 2.16. The number of aryl methyl sites for hydroxylation is 2. The number of carboxylic acids is 1. The molecule has 0 aromatic heterocycles. The van der Waals surface area contributed by atoms with Gasteiger partial charge in [-0.15, -0.1) is 0 Å². The fourth-order valence-corrected chi connectivity index (χ4v) is 1.46. The number of nitriles is 1. The first-order valence-electron chi connectivity index (χ1n) is 5.01. The Hall–Kier alpha value is -2.28. The highest BCUT2D eigenvalue weighted by molar-refractivity contribution is 5.86. The van der Waals surface area contributed by atoms with Crippen LogP contribution in [0.2, 0.25) is 0 Å². The highest BCUT2D eigenvalue weighted by Crippen LogP contribution is 2.24. The topological polar surface area (TPSA) is 70.3 Å². The van der Waals surface area contributed by atoms with Gasteiger partial charge in [-0.2, -0.15) is 5.26 Å². The normalized spacial score (nSPS) is 9.47. The van der Waals surface area contributed by atoms with Crippen LogP contribution in [0.25, 0.3) is 0 Å². The summed E-state index contributed by atoms with van der Waals surface area (Å²) in [5.74, 6) is -0.472. The first kappa shape index (κ1) is 12.8. The summed E-state index contributed by atoms with van der Waals surface area (Å²) in [7, 11) is 0. The van der Waals surface area contributed by atoms with Gasteiger partial charge in [0.05, 0.1) is 17.2 Å². The standard InChI is InChI=1S/C13H13NO3/c1-8-4-11(6-14)5-9(2)12(8)17-7-10(3)13(15)16/h4-5H,3,7H2,1-2H3,(H,15,16). The molecule has 1 N–H and O–H groups in total. The maximum Gasteiger partial charge on any atom is 0.334 e. The number of carbonyl (C=O) groups is 1. The molecule has 0 heterocycles. The second-order valence-corrected chi connectivity index (χ2v) is 3.75. The summed E-state index contributed by atoms with van der Waals surface area (Å²) >= 11 is 0. The molecule has 1 rings (SSSR count). The van der Waals surface area contributed by atoms with Gasteiger partial charge in [-0.05, 0) is 37.1 Å². The quantitative estimate of drug-likeness (QED) is 0.806. The third-order valence-electron chi connectivity index (χ3n) is 2.28. The fraction of sp³-hybridized carbons (Fsp3) is 0.231. The van der Waals surface area contributed by atoms with Crippen molar-refractivity contribution in [1.29, 1.82) is 5.26 Å². The minimum Gasteiger partial charge on any atom is -0.488 e. The Morgan fingerprint density at radius 3 is 2.41 bits per heavy atom. The molecule has 0 aliphatic rings. The van der Waals surface area contributed by atoms with Crippen LogP contribution in [0.15, 0.2) is 24.3 Å². The zero-order valence-electron chi connectivity index (χ0n) is 9.78. The number of aliphatic carboxylic acids is 1. The molecule has 1 aromatic rings. The Kier molecular flexibility index (Phi) is 3.89. The monoisotopic (exact) mass is 231 g/mol. The van der Waals surface area contributed by atoms with E-state index in [1.165, 1.54) is 0 Å². The summed E-state index contributed by atoms with van der Waals surface area (Å²) in [5, 5.41) is 17.4. The molecule has 0 spiro atoms. The van der Waals surface area contributed by atoms with Crippen LogP contribution in [0.5, 0.6) is 5.75 Å². The molecule has 0 aliphatic heterocycles. The maximum atomic E-state index is 10.6. The van der Waals surface area contributed by atoms with Crippen molar-refractivity contribution in [3.8, 4) is 11.8 Å². The molecule has 4 nitrogen and oxygen atoms in total. The Bertz CT molecular complexity index is 489. The van der Waals surface area contributed by atoms with Gasteiger partial charge in [-0.25, -0.2) is 4.79 Å². The van der Waals surface area contributed by atoms with Crippen LogP contribution in [0.3, 0.4) is 0 Å². The van der Waals surface area contributed by atoms with Crippen molar-refractivity contribution in [2.24, 2.45) is 0 Å². The number of rotatable bonds is 4. The molecule has 88 valence electrons. The average molecular weight is 231 g/mol. The predicted octanol–water partition coefficient (Wildman–Crippen LogP) is 2.19. The lowest BCUT2D eigenvalue weighted by atomic mass is 10.1. The summed E-state index contributed by atoms with van der Waals surface area (Å²) in [6.07, 6.45) is 0. The summed E-state index contributed by atoms with van der Waals surface area (Å²) < 4.78 is 5.40. The smallest absolute Gasteiger partial charge is 0.334 e. The molecule has 17 heavy (non-hydrogen) atoms. The summed E-state index contributed by atoms with van der Waals surface area (Å²) in [6, 6.07) is 5.45. The highest BCUT2D eigenvalue weighted by Gasteiger charge is 2.09. The molecule has 0 saturated carbocycles. The number of hydrogen-bond acceptors (Lipinski definition) is 3. The third-order valence-corrected chi connectivity index (χ3v) is 2.28. The van der Waals surface area contributed by atoms with Crippen molar-refractivity contribution < 1.29 is 14.6 Å². The SMILES string of the molecule is C=C(COc1c(C)cc(C#N)cc1C)C(=O)O. The molecule has 0 fully saturated rings. The fourth-order valence-electron chi connectivity index (χ4n) is 1.46. The van der Waals surface area contributed by atoms with E-state index in [1.807, 2.05) is 13.8 Å². The minimum atomic E-state index is -1.08. The van der Waals surface area contributed by atoms with Crippen LogP contribution in [0.1, 0.15) is 16.7 Å². The van der Waals surface area contributed by atoms with Crippen molar-refractivity contribution in [2.75, 3.05) is 6.61 Å². The minimum absolute atomic E-state index is 0.00633. The maximum absolute atomic E-state index is 10.6. The van der Waals surface area contributed by atoms with Gasteiger partial charge in [0.1, 0.15) is 12.4 Å². The number of hydrogen-bond donors (Lipinski definition) is 1. The van der Waals surface area contributed by atoms with E-state index < -0.39 is 5.97 Å². The van der Waals surface area contributed by atoms with Crippen LogP contribution >= 0.6 is 0 Å². The van der Waals surface area contributed by atoms with Crippen LogP contribution in [-0.4, -0.2) is 17.7 Å². The Morgan fingerprint density at radius 1 is 1.47 bits per heavy atom. The lowest BCUT2D eigenvalue weighted by Crippen LogP contribution is -2.10. The lowest BCUT2D eigenvalue weighted by Gasteiger charge is -2.12. The van der Waals surface area contributed by atoms with E-state index in [-0.39, 0.29) is 12.2 Å². The first-order valence-corrected chi connectivity index (χ1v) is 5.01. The third kappa shape index (κ3) is 3.08. The molecule has 1 aromatic carbocycles. The van der Waals surface area contributed by atoms with E-state index in [0.29, 0.717) is 11.3 Å². The second-order valence-electron chi connectivity index (χ2n) is 3.75. The predicted molar refractivity (Wildman–Crippen MR) is 62.9 cm³/mol. The van der Waals surface area contributed by atoms with E-state index in [1.54, 1.807) is 12.1 Å². The number of carboxylic acid groups (broad SMARTS) is 1. The summed E-state index contributed by atoms with van der Waals surface area (Å²) in [4.78, 5) is 10.6. The first-order chi connectivity index (χ1) is 7.95. The van der Waals surface area contributed by atoms with Gasteiger partial charge in [0, 0.05) is 0 Å². The van der Waals surface area contributed by atoms with Crippen LogP contribution in [0.4, 0.5) is 0 Å². The number of benzene rings is 1. The lowest BCUT2D eigenvalue weighted by molar-refractivity contribution is -0.133. The van der Waals surface area contributed by atoms with Gasteiger partial charge in [-0.3, -0.25) is 0 Å². The molecule has 0 saturated heterocycles. The largest absolute Gasteiger partial charge is 0.488 e. The van der Waals surface area contributed by atoms with E-state index in [4.69, 9.17) is 15.1 Å². The molecule has 0 aliphatic carbocycles. The summed E-state index contributed by atoms with van der Waals surface area (Å²) in [6.45, 7) is 6.94. The van der Waals surface area contributed by atoms with Crippen molar-refractivity contribution in [1.82, 2.24) is 0 Å². The molecule has 0 atom stereocenters. The van der Waals surface area contributed by atoms with Gasteiger partial charge < -0.3 is 9.84 Å². The zero-order valence-corrected chi connectivity index (χ0v) is 9.78. The zero-order chi connectivity index (χ0) is 13.0. The van der Waals surface area contributed by atoms with E-state index in [0.717, 1.165) is 11.1 Å². The Morgan fingerprint density at radius 2 is 2.00 bits per heavy atom. The molecular weight excluding hydrogens is 218 g/mol. The van der Waals surface area contributed by atoms with E-state index in [2.05, 4.69) is 12.6 Å². The second kappa shape index (κ2) is 5.17. The molecular formula is C13H13NO3. The molecule has 0 bridgehead atoms. The number of nitrogens with zero attached hydrogens (tertiary/aromatic N) is 1. The van der Waals surface area contributed by atoms with Crippen LogP contribution in [0, 0.1) is 25.2 Å². The van der Waals surface area contributed by atoms with Crippen molar-refractivity contribution in [3.05, 3.63) is 41.0 Å². The van der Waals surface area contributed by atoms with Crippen molar-refractivity contribution >= 4 is 5.97 Å². The Labute approximate surface area is 99.8 Å². The van der Waals surface area contributed by atoms with Gasteiger partial charge in [0.25, 0.3) is 0 Å². The number of ether oxygens (including phenoxy) is 1. The molecule has 0 unspecified atom stereocenters. The average Bonchev–Trinajstić information content (AvgIpc) is 2.27.